The van der Waals surface area contributed by atoms with Gasteiger partial charge < -0.3 is 5.73 Å². The van der Waals surface area contributed by atoms with Gasteiger partial charge >= 0.3 is 0 Å². The molecule has 0 saturated carbocycles. The van der Waals surface area contributed by atoms with Gasteiger partial charge in [-0.1, -0.05) is 23.7 Å². The van der Waals surface area contributed by atoms with Crippen LogP contribution in [0.4, 0.5) is 0 Å². The van der Waals surface area contributed by atoms with E-state index in [-0.39, 0.29) is 23.3 Å². The highest BCUT2D eigenvalue weighted by Crippen LogP contribution is 2.34. The van der Waals surface area contributed by atoms with Gasteiger partial charge in [-0.25, -0.2) is 8.42 Å². The van der Waals surface area contributed by atoms with Gasteiger partial charge in [0.25, 0.3) is 0 Å². The molecular formula is C11H14ClNO2S. The monoisotopic (exact) mass is 259 g/mol. The minimum Gasteiger partial charge on any atom is -0.330 e. The largest absolute Gasteiger partial charge is 0.330 e. The Bertz CT molecular complexity index is 469. The summed E-state index contributed by atoms with van der Waals surface area (Å²) in [6.07, 6.45) is 0. The first kappa shape index (κ1) is 11.9. The van der Waals surface area contributed by atoms with Crippen LogP contribution in [0.3, 0.4) is 0 Å². The van der Waals surface area contributed by atoms with E-state index in [0.717, 1.165) is 5.56 Å². The summed E-state index contributed by atoms with van der Waals surface area (Å²) in [4.78, 5) is 0. The predicted molar refractivity (Wildman–Crippen MR) is 65.4 cm³/mol. The van der Waals surface area contributed by atoms with Gasteiger partial charge in [0.2, 0.25) is 0 Å². The van der Waals surface area contributed by atoms with Gasteiger partial charge in [0, 0.05) is 10.9 Å². The van der Waals surface area contributed by atoms with Crippen LogP contribution in [0.1, 0.15) is 11.5 Å². The number of hydrogen-bond donors (Lipinski definition) is 1. The molecule has 0 aliphatic carbocycles. The first-order chi connectivity index (χ1) is 7.52. The number of hydrogen-bond acceptors (Lipinski definition) is 3. The summed E-state index contributed by atoms with van der Waals surface area (Å²) in [5, 5.41) is 0.661. The lowest BCUT2D eigenvalue weighted by molar-refractivity contribution is 0.533. The zero-order valence-corrected chi connectivity index (χ0v) is 10.3. The summed E-state index contributed by atoms with van der Waals surface area (Å²) < 4.78 is 23.1. The summed E-state index contributed by atoms with van der Waals surface area (Å²) in [6.45, 7) is 0.409. The molecule has 5 heteroatoms. The topological polar surface area (TPSA) is 60.2 Å². The van der Waals surface area contributed by atoms with Crippen molar-refractivity contribution in [3.63, 3.8) is 0 Å². The molecule has 1 aliphatic heterocycles. The van der Waals surface area contributed by atoms with Crippen molar-refractivity contribution in [2.45, 2.75) is 5.92 Å². The fourth-order valence-electron chi connectivity index (χ4n) is 2.23. The molecule has 2 rings (SSSR count). The second-order valence-corrected chi connectivity index (χ2v) is 6.82. The minimum absolute atomic E-state index is 0.0206. The Morgan fingerprint density at radius 2 is 1.88 bits per heavy atom. The van der Waals surface area contributed by atoms with Crippen LogP contribution in [0.15, 0.2) is 24.3 Å². The standard InChI is InChI=1S/C11H14ClNO2S/c12-10-3-1-8(2-4-10)11-7-16(14,15)6-9(11)5-13/h1-4,9,11H,5-7,13H2. The SMILES string of the molecule is NCC1CS(=O)(=O)CC1c1ccc(Cl)cc1. The second-order valence-electron chi connectivity index (χ2n) is 4.23. The molecular weight excluding hydrogens is 246 g/mol. The van der Waals surface area contributed by atoms with Gasteiger partial charge in [0.1, 0.15) is 0 Å². The highest BCUT2D eigenvalue weighted by molar-refractivity contribution is 7.91. The predicted octanol–water partition coefficient (Wildman–Crippen LogP) is 1.43. The summed E-state index contributed by atoms with van der Waals surface area (Å²) in [7, 11) is -2.93. The third-order valence-electron chi connectivity index (χ3n) is 3.07. The van der Waals surface area contributed by atoms with E-state index >= 15 is 0 Å². The van der Waals surface area contributed by atoms with Crippen molar-refractivity contribution >= 4 is 21.4 Å². The highest BCUT2D eigenvalue weighted by atomic mass is 35.5. The van der Waals surface area contributed by atoms with Gasteiger partial charge in [-0.2, -0.15) is 0 Å². The maximum absolute atomic E-state index is 11.6. The summed E-state index contributed by atoms with van der Waals surface area (Å²) in [5.41, 5.74) is 6.64. The Kier molecular flexibility index (Phi) is 3.24. The fourth-order valence-corrected chi connectivity index (χ4v) is 4.53. The van der Waals surface area contributed by atoms with Crippen LogP contribution in [0.25, 0.3) is 0 Å². The molecule has 0 spiro atoms. The van der Waals surface area contributed by atoms with E-state index in [1.807, 2.05) is 12.1 Å². The molecule has 1 aliphatic rings. The van der Waals surface area contributed by atoms with Gasteiger partial charge in [-0.15, -0.1) is 0 Å². The third kappa shape index (κ3) is 2.39. The van der Waals surface area contributed by atoms with Gasteiger partial charge in [0.05, 0.1) is 11.5 Å². The molecule has 1 aromatic carbocycles. The summed E-state index contributed by atoms with van der Waals surface area (Å²) in [6, 6.07) is 7.35. The average Bonchev–Trinajstić information content (AvgIpc) is 2.55. The molecule has 0 aromatic heterocycles. The van der Waals surface area contributed by atoms with E-state index in [2.05, 4.69) is 0 Å². The number of nitrogens with two attached hydrogens (primary N) is 1. The minimum atomic E-state index is -2.93. The van der Waals surface area contributed by atoms with Crippen LogP contribution >= 0.6 is 11.6 Å². The average molecular weight is 260 g/mol. The van der Waals surface area contributed by atoms with Crippen molar-refractivity contribution in [2.24, 2.45) is 11.7 Å². The molecule has 0 amide bonds. The highest BCUT2D eigenvalue weighted by Gasteiger charge is 2.37. The summed E-state index contributed by atoms with van der Waals surface area (Å²) >= 11 is 5.80. The smallest absolute Gasteiger partial charge is 0.151 e. The molecule has 16 heavy (non-hydrogen) atoms. The number of halogens is 1. The molecule has 88 valence electrons. The van der Waals surface area contributed by atoms with Gasteiger partial charge in [0.15, 0.2) is 9.84 Å². The number of sulfone groups is 1. The molecule has 2 atom stereocenters. The van der Waals surface area contributed by atoms with Crippen molar-refractivity contribution in [3.8, 4) is 0 Å². The molecule has 1 fully saturated rings. The first-order valence-corrected chi connectivity index (χ1v) is 7.38. The number of rotatable bonds is 2. The lowest BCUT2D eigenvalue weighted by Crippen LogP contribution is -2.20. The van der Waals surface area contributed by atoms with E-state index < -0.39 is 9.84 Å². The number of benzene rings is 1. The zero-order valence-electron chi connectivity index (χ0n) is 8.77. The van der Waals surface area contributed by atoms with E-state index in [9.17, 15) is 8.42 Å². The van der Waals surface area contributed by atoms with E-state index in [4.69, 9.17) is 17.3 Å². The first-order valence-electron chi connectivity index (χ1n) is 5.18. The van der Waals surface area contributed by atoms with Gasteiger partial charge in [-0.3, -0.25) is 0 Å². The van der Waals surface area contributed by atoms with Crippen molar-refractivity contribution in [1.82, 2.24) is 0 Å². The fraction of sp³-hybridized carbons (Fsp3) is 0.455. The Hall–Kier alpha value is -0.580. The Morgan fingerprint density at radius 3 is 2.44 bits per heavy atom. The molecule has 1 saturated heterocycles. The quantitative estimate of drug-likeness (QED) is 0.874. The van der Waals surface area contributed by atoms with Crippen LogP contribution in [-0.2, 0) is 9.84 Å². The third-order valence-corrected chi connectivity index (χ3v) is 5.13. The normalized spacial score (nSPS) is 28.1. The Morgan fingerprint density at radius 1 is 1.25 bits per heavy atom. The molecule has 0 bridgehead atoms. The molecule has 1 heterocycles. The molecule has 1 aromatic rings. The zero-order chi connectivity index (χ0) is 11.8. The lowest BCUT2D eigenvalue weighted by Gasteiger charge is -2.16. The van der Waals surface area contributed by atoms with Crippen LogP contribution < -0.4 is 5.73 Å². The second kappa shape index (κ2) is 4.35. The van der Waals surface area contributed by atoms with Crippen LogP contribution in [0.5, 0.6) is 0 Å². The van der Waals surface area contributed by atoms with Crippen LogP contribution in [-0.4, -0.2) is 26.5 Å². The maximum atomic E-state index is 11.6. The van der Waals surface area contributed by atoms with E-state index in [1.165, 1.54) is 0 Å². The van der Waals surface area contributed by atoms with Crippen molar-refractivity contribution in [3.05, 3.63) is 34.9 Å². The molecule has 2 N–H and O–H groups in total. The van der Waals surface area contributed by atoms with Crippen molar-refractivity contribution in [2.75, 3.05) is 18.1 Å². The Labute approximate surface area is 101 Å². The maximum Gasteiger partial charge on any atom is 0.151 e. The van der Waals surface area contributed by atoms with Crippen molar-refractivity contribution in [1.29, 1.82) is 0 Å². The molecule has 3 nitrogen and oxygen atoms in total. The molecule has 0 radical (unpaired) electrons. The van der Waals surface area contributed by atoms with E-state index in [0.29, 0.717) is 11.6 Å². The van der Waals surface area contributed by atoms with Crippen LogP contribution in [0.2, 0.25) is 5.02 Å². The van der Waals surface area contributed by atoms with E-state index in [1.54, 1.807) is 12.1 Å². The molecule has 2 unspecified atom stereocenters. The van der Waals surface area contributed by atoms with Crippen LogP contribution in [0, 0.1) is 5.92 Å². The van der Waals surface area contributed by atoms with Gasteiger partial charge in [-0.05, 0) is 30.2 Å². The summed E-state index contributed by atoms with van der Waals surface area (Å²) in [5.74, 6) is 0.464. The Balaban J connectivity index is 2.30. The van der Waals surface area contributed by atoms with Crippen molar-refractivity contribution < 1.29 is 8.42 Å². The lowest BCUT2D eigenvalue weighted by atomic mass is 9.89.